The van der Waals surface area contributed by atoms with Gasteiger partial charge in [-0.15, -0.1) is 0 Å². The molecule has 0 aromatic heterocycles. The predicted molar refractivity (Wildman–Crippen MR) is 92.0 cm³/mol. The molecular weight excluding hydrogens is 320 g/mol. The molecule has 1 heterocycles. The lowest BCUT2D eigenvalue weighted by Crippen LogP contribution is -2.44. The zero-order valence-electron chi connectivity index (χ0n) is 13.7. The summed E-state index contributed by atoms with van der Waals surface area (Å²) >= 11 is 0. The minimum atomic E-state index is -1.13. The lowest BCUT2D eigenvalue weighted by Gasteiger charge is -2.26. The van der Waals surface area contributed by atoms with E-state index in [1.54, 1.807) is 0 Å². The second kappa shape index (κ2) is 7.25. The van der Waals surface area contributed by atoms with E-state index in [-0.39, 0.29) is 6.04 Å². The molecule has 0 aliphatic carbocycles. The third-order valence-electron chi connectivity index (χ3n) is 4.45. The average molecular weight is 340 g/mol. The molecular formula is C19H20N2O4. The Morgan fingerprint density at radius 3 is 2.36 bits per heavy atom. The standard InChI is InChI=1S/C19H20N2O4/c20-18(22)17-11-10-16(21(17)19(23)24)14-6-8-15(9-7-14)25-12-13-4-2-1-3-5-13/h1-9,16-17H,10-12H2,(H2,20,22)(H,23,24)/t16-,17+/m1/s1. The monoisotopic (exact) mass is 340 g/mol. The van der Waals surface area contributed by atoms with Gasteiger partial charge >= 0.3 is 6.09 Å². The maximum Gasteiger partial charge on any atom is 0.408 e. The highest BCUT2D eigenvalue weighted by Gasteiger charge is 2.40. The van der Waals surface area contributed by atoms with Crippen LogP contribution >= 0.6 is 0 Å². The van der Waals surface area contributed by atoms with Crippen LogP contribution in [-0.2, 0) is 11.4 Å². The number of carbonyl (C=O) groups excluding carboxylic acids is 1. The van der Waals surface area contributed by atoms with Crippen molar-refractivity contribution in [2.45, 2.75) is 31.5 Å². The summed E-state index contributed by atoms with van der Waals surface area (Å²) < 4.78 is 5.74. The number of ether oxygens (including phenoxy) is 1. The molecule has 2 atom stereocenters. The summed E-state index contributed by atoms with van der Waals surface area (Å²) in [5.74, 6) is 0.103. The first kappa shape index (κ1) is 16.8. The van der Waals surface area contributed by atoms with Gasteiger partial charge in [-0.05, 0) is 36.1 Å². The molecule has 1 aliphatic heterocycles. The van der Waals surface area contributed by atoms with Crippen molar-refractivity contribution in [2.75, 3.05) is 0 Å². The van der Waals surface area contributed by atoms with Gasteiger partial charge in [0.1, 0.15) is 18.4 Å². The normalized spacial score (nSPS) is 19.6. The van der Waals surface area contributed by atoms with Crippen LogP contribution in [0.1, 0.15) is 30.0 Å². The molecule has 130 valence electrons. The fourth-order valence-corrected chi connectivity index (χ4v) is 3.21. The molecule has 6 heteroatoms. The number of rotatable bonds is 5. The van der Waals surface area contributed by atoms with E-state index in [2.05, 4.69) is 0 Å². The molecule has 1 aliphatic rings. The molecule has 2 aromatic rings. The summed E-state index contributed by atoms with van der Waals surface area (Å²) in [4.78, 5) is 24.1. The molecule has 0 unspecified atom stereocenters. The van der Waals surface area contributed by atoms with E-state index >= 15 is 0 Å². The third-order valence-corrected chi connectivity index (χ3v) is 4.45. The molecule has 0 spiro atoms. The minimum absolute atomic E-state index is 0.363. The van der Waals surface area contributed by atoms with Crippen LogP contribution in [0.25, 0.3) is 0 Å². The Kier molecular flexibility index (Phi) is 4.88. The van der Waals surface area contributed by atoms with E-state index in [4.69, 9.17) is 10.5 Å². The number of primary amides is 1. The van der Waals surface area contributed by atoms with Crippen LogP contribution in [-0.4, -0.2) is 28.0 Å². The Labute approximate surface area is 145 Å². The van der Waals surface area contributed by atoms with Crippen molar-refractivity contribution in [3.63, 3.8) is 0 Å². The molecule has 6 nitrogen and oxygen atoms in total. The molecule has 2 aromatic carbocycles. The summed E-state index contributed by atoms with van der Waals surface area (Å²) in [5.41, 5.74) is 7.23. The van der Waals surface area contributed by atoms with Crippen molar-refractivity contribution < 1.29 is 19.4 Å². The summed E-state index contributed by atoms with van der Waals surface area (Å²) in [6.07, 6.45) is -0.112. The van der Waals surface area contributed by atoms with E-state index in [1.807, 2.05) is 54.6 Å². The smallest absolute Gasteiger partial charge is 0.408 e. The summed E-state index contributed by atoms with van der Waals surface area (Å²) in [7, 11) is 0. The first-order valence-corrected chi connectivity index (χ1v) is 8.13. The number of nitrogens with two attached hydrogens (primary N) is 1. The molecule has 25 heavy (non-hydrogen) atoms. The quantitative estimate of drug-likeness (QED) is 0.875. The highest BCUT2D eigenvalue weighted by Crippen LogP contribution is 2.36. The topological polar surface area (TPSA) is 92.9 Å². The number of amides is 2. The highest BCUT2D eigenvalue weighted by molar-refractivity contribution is 5.84. The van der Waals surface area contributed by atoms with Crippen LogP contribution in [0, 0.1) is 0 Å². The second-order valence-electron chi connectivity index (χ2n) is 6.04. The number of carbonyl (C=O) groups is 2. The lowest BCUT2D eigenvalue weighted by atomic mass is 10.0. The number of benzene rings is 2. The van der Waals surface area contributed by atoms with Crippen LogP contribution in [0.5, 0.6) is 5.75 Å². The van der Waals surface area contributed by atoms with E-state index < -0.39 is 18.0 Å². The van der Waals surface area contributed by atoms with Crippen LogP contribution in [0.3, 0.4) is 0 Å². The van der Waals surface area contributed by atoms with Crippen LogP contribution in [0.4, 0.5) is 4.79 Å². The Hall–Kier alpha value is -3.02. The van der Waals surface area contributed by atoms with Crippen molar-refractivity contribution in [1.29, 1.82) is 0 Å². The predicted octanol–water partition coefficient (Wildman–Crippen LogP) is 2.93. The van der Waals surface area contributed by atoms with Gasteiger partial charge in [0.15, 0.2) is 0 Å². The minimum Gasteiger partial charge on any atom is -0.489 e. The van der Waals surface area contributed by atoms with Gasteiger partial charge in [-0.2, -0.15) is 0 Å². The zero-order valence-corrected chi connectivity index (χ0v) is 13.7. The molecule has 0 bridgehead atoms. The number of hydrogen-bond donors (Lipinski definition) is 2. The lowest BCUT2D eigenvalue weighted by molar-refractivity contribution is -0.122. The van der Waals surface area contributed by atoms with E-state index in [1.165, 1.54) is 0 Å². The molecule has 0 radical (unpaired) electrons. The van der Waals surface area contributed by atoms with E-state index in [0.29, 0.717) is 25.2 Å². The molecule has 3 rings (SSSR count). The van der Waals surface area contributed by atoms with E-state index in [0.717, 1.165) is 16.0 Å². The largest absolute Gasteiger partial charge is 0.489 e. The number of hydrogen-bond acceptors (Lipinski definition) is 3. The van der Waals surface area contributed by atoms with Gasteiger partial charge in [0, 0.05) is 0 Å². The van der Waals surface area contributed by atoms with Gasteiger partial charge in [-0.25, -0.2) is 4.79 Å². The molecule has 0 saturated carbocycles. The van der Waals surface area contributed by atoms with Gasteiger partial charge in [0.25, 0.3) is 0 Å². The van der Waals surface area contributed by atoms with Gasteiger partial charge in [0.2, 0.25) is 5.91 Å². The van der Waals surface area contributed by atoms with Crippen LogP contribution in [0.15, 0.2) is 54.6 Å². The highest BCUT2D eigenvalue weighted by atomic mass is 16.5. The summed E-state index contributed by atoms with van der Waals surface area (Å²) in [6, 6.07) is 16.0. The number of carboxylic acid groups (broad SMARTS) is 1. The molecule has 3 N–H and O–H groups in total. The first-order chi connectivity index (χ1) is 12.1. The van der Waals surface area contributed by atoms with Gasteiger partial charge in [-0.3, -0.25) is 9.69 Å². The number of nitrogens with zero attached hydrogens (tertiary/aromatic N) is 1. The zero-order chi connectivity index (χ0) is 17.8. The fraction of sp³-hybridized carbons (Fsp3) is 0.263. The first-order valence-electron chi connectivity index (χ1n) is 8.13. The van der Waals surface area contributed by atoms with Gasteiger partial charge in [0.05, 0.1) is 6.04 Å². The number of likely N-dealkylation sites (tertiary alicyclic amines) is 1. The maximum absolute atomic E-state index is 11.5. The van der Waals surface area contributed by atoms with Crippen LogP contribution in [0.2, 0.25) is 0 Å². The third kappa shape index (κ3) is 3.74. The van der Waals surface area contributed by atoms with Crippen molar-refractivity contribution in [3.8, 4) is 5.75 Å². The van der Waals surface area contributed by atoms with Crippen molar-refractivity contribution in [2.24, 2.45) is 5.73 Å². The molecule has 1 saturated heterocycles. The van der Waals surface area contributed by atoms with Crippen molar-refractivity contribution in [3.05, 3.63) is 65.7 Å². The van der Waals surface area contributed by atoms with Crippen molar-refractivity contribution >= 4 is 12.0 Å². The Balaban J connectivity index is 1.69. The van der Waals surface area contributed by atoms with E-state index in [9.17, 15) is 14.7 Å². The Bertz CT molecular complexity index is 746. The Morgan fingerprint density at radius 2 is 1.76 bits per heavy atom. The summed E-state index contributed by atoms with van der Waals surface area (Å²) in [5, 5.41) is 9.42. The second-order valence-corrected chi connectivity index (χ2v) is 6.04. The van der Waals surface area contributed by atoms with Gasteiger partial charge < -0.3 is 15.6 Å². The Morgan fingerprint density at radius 1 is 1.08 bits per heavy atom. The maximum atomic E-state index is 11.5. The fourth-order valence-electron chi connectivity index (χ4n) is 3.21. The average Bonchev–Trinajstić information content (AvgIpc) is 3.07. The molecule has 2 amide bonds. The SMILES string of the molecule is NC(=O)[C@@H]1CC[C@H](c2ccc(OCc3ccccc3)cc2)N1C(=O)O. The summed E-state index contributed by atoms with van der Waals surface area (Å²) in [6.45, 7) is 0.467. The molecule has 1 fully saturated rings. The van der Waals surface area contributed by atoms with Crippen LogP contribution < -0.4 is 10.5 Å². The van der Waals surface area contributed by atoms with Gasteiger partial charge in [-0.1, -0.05) is 42.5 Å². The van der Waals surface area contributed by atoms with Crippen molar-refractivity contribution in [1.82, 2.24) is 4.90 Å².